The van der Waals surface area contributed by atoms with Gasteiger partial charge in [-0.2, -0.15) is 0 Å². The second-order valence-electron chi connectivity index (χ2n) is 1.31. The predicted molar refractivity (Wildman–Crippen MR) is 29.3 cm³/mol. The van der Waals surface area contributed by atoms with E-state index in [1.165, 1.54) is 0 Å². The van der Waals surface area contributed by atoms with Crippen LogP contribution in [0.2, 0.25) is 0 Å². The third kappa shape index (κ3) is 1.38. The van der Waals surface area contributed by atoms with E-state index in [-0.39, 0.29) is 0 Å². The van der Waals surface area contributed by atoms with E-state index in [1.54, 1.807) is 9.95 Å². The number of allylic oxidation sites excluding steroid dienone is 2. The summed E-state index contributed by atoms with van der Waals surface area (Å²) in [5, 5.41) is 0. The summed E-state index contributed by atoms with van der Waals surface area (Å²) in [5.74, 6) is 0. The molecule has 1 aliphatic heterocycles. The van der Waals surface area contributed by atoms with E-state index in [1.807, 2.05) is 12.2 Å². The summed E-state index contributed by atoms with van der Waals surface area (Å²) in [4.78, 5) is 3.58. The Labute approximate surface area is 46.8 Å². The van der Waals surface area contributed by atoms with Crippen molar-refractivity contribution in [3.8, 4) is 0 Å². The van der Waals surface area contributed by atoms with Gasteiger partial charge in [-0.25, -0.2) is 0 Å². The zero-order chi connectivity index (χ0) is 5.11. The molecule has 38 valence electrons. The van der Waals surface area contributed by atoms with Crippen LogP contribution in [-0.4, -0.2) is 13.8 Å². The Bertz CT molecular complexity index is 121. The van der Waals surface area contributed by atoms with Crippen molar-refractivity contribution in [2.75, 3.05) is 0 Å². The van der Waals surface area contributed by atoms with Crippen molar-refractivity contribution in [1.82, 2.24) is 0 Å². The van der Waals surface area contributed by atoms with Crippen LogP contribution in [0.3, 0.4) is 0 Å². The Hall–Kier alpha value is -0.201. The SMILES string of the molecule is O=[Se]1C=CCC=C1. The number of hydrogen-bond donors (Lipinski definition) is 0. The fourth-order valence-electron chi connectivity index (χ4n) is 0.425. The Kier molecular flexibility index (Phi) is 1.55. The van der Waals surface area contributed by atoms with E-state index >= 15 is 0 Å². The van der Waals surface area contributed by atoms with Crippen LogP contribution < -0.4 is 0 Å². The molecule has 0 saturated carbocycles. The molecule has 0 atom stereocenters. The molecule has 0 amide bonds. The van der Waals surface area contributed by atoms with Crippen LogP contribution in [0.4, 0.5) is 0 Å². The molecule has 0 bridgehead atoms. The molecule has 0 radical (unpaired) electrons. The second kappa shape index (κ2) is 2.20. The molecular weight excluding hydrogens is 155 g/mol. The summed E-state index contributed by atoms with van der Waals surface area (Å²) in [6.45, 7) is 0. The van der Waals surface area contributed by atoms with Gasteiger partial charge >= 0.3 is 46.2 Å². The molecule has 0 N–H and O–H groups in total. The summed E-state index contributed by atoms with van der Waals surface area (Å²) in [7, 11) is 0. The van der Waals surface area contributed by atoms with E-state index in [9.17, 15) is 3.83 Å². The van der Waals surface area contributed by atoms with Crippen LogP contribution >= 0.6 is 0 Å². The van der Waals surface area contributed by atoms with Crippen molar-refractivity contribution in [1.29, 1.82) is 0 Å². The van der Waals surface area contributed by atoms with E-state index < -0.39 is 13.8 Å². The third-order valence-electron chi connectivity index (χ3n) is 0.733. The normalized spacial score (nSPS) is 20.6. The molecule has 0 aliphatic carbocycles. The van der Waals surface area contributed by atoms with Crippen molar-refractivity contribution in [2.45, 2.75) is 6.42 Å². The quantitative estimate of drug-likeness (QED) is 0.484. The minimum absolute atomic E-state index is 0.961. The van der Waals surface area contributed by atoms with Gasteiger partial charge < -0.3 is 0 Å². The number of rotatable bonds is 0. The third-order valence-corrected chi connectivity index (χ3v) is 2.67. The zero-order valence-corrected chi connectivity index (χ0v) is 5.55. The topological polar surface area (TPSA) is 17.1 Å². The van der Waals surface area contributed by atoms with Crippen LogP contribution in [0.1, 0.15) is 6.42 Å². The van der Waals surface area contributed by atoms with Gasteiger partial charge in [0.1, 0.15) is 0 Å². The van der Waals surface area contributed by atoms with E-state index in [4.69, 9.17) is 0 Å². The Balaban J connectivity index is 2.66. The second-order valence-corrected chi connectivity index (χ2v) is 3.83. The van der Waals surface area contributed by atoms with Crippen LogP contribution in [0.15, 0.2) is 22.1 Å². The fraction of sp³-hybridized carbons (Fsp3) is 0.200. The van der Waals surface area contributed by atoms with Gasteiger partial charge in [-0.3, -0.25) is 0 Å². The molecule has 1 aliphatic rings. The molecular formula is C5H6OSe. The first-order valence-corrected chi connectivity index (χ1v) is 4.80. The molecule has 0 saturated heterocycles. The molecule has 0 aromatic rings. The van der Waals surface area contributed by atoms with Crippen molar-refractivity contribution in [3.63, 3.8) is 0 Å². The molecule has 0 unspecified atom stereocenters. The van der Waals surface area contributed by atoms with Gasteiger partial charge in [-0.15, -0.1) is 0 Å². The summed E-state index contributed by atoms with van der Waals surface area (Å²) >= 11 is -1.59. The average molecular weight is 161 g/mol. The van der Waals surface area contributed by atoms with Crippen LogP contribution in [-0.2, 0) is 3.83 Å². The average Bonchev–Trinajstić information content (AvgIpc) is 1.69. The predicted octanol–water partition coefficient (Wildman–Crippen LogP) is 1.00. The van der Waals surface area contributed by atoms with Gasteiger partial charge in [0, 0.05) is 0 Å². The number of hydrogen-bond acceptors (Lipinski definition) is 1. The molecule has 2 heteroatoms. The van der Waals surface area contributed by atoms with E-state index in [0.717, 1.165) is 6.42 Å². The zero-order valence-electron chi connectivity index (χ0n) is 3.83. The van der Waals surface area contributed by atoms with Crippen molar-refractivity contribution in [3.05, 3.63) is 22.1 Å². The van der Waals surface area contributed by atoms with E-state index in [2.05, 4.69) is 0 Å². The molecule has 0 aromatic carbocycles. The van der Waals surface area contributed by atoms with E-state index in [0.29, 0.717) is 0 Å². The first kappa shape index (κ1) is 4.95. The first-order valence-electron chi connectivity index (χ1n) is 2.12. The summed E-state index contributed by atoms with van der Waals surface area (Å²) in [6, 6.07) is 0. The van der Waals surface area contributed by atoms with Crippen LogP contribution in [0.5, 0.6) is 0 Å². The molecule has 0 spiro atoms. The van der Waals surface area contributed by atoms with Gasteiger partial charge in [-0.1, -0.05) is 0 Å². The summed E-state index contributed by atoms with van der Waals surface area (Å²) in [5.41, 5.74) is 0. The van der Waals surface area contributed by atoms with Gasteiger partial charge in [0.2, 0.25) is 0 Å². The molecule has 1 rings (SSSR count). The van der Waals surface area contributed by atoms with Crippen molar-refractivity contribution >= 4 is 13.8 Å². The van der Waals surface area contributed by atoms with Gasteiger partial charge in [0.05, 0.1) is 0 Å². The minimum atomic E-state index is -1.59. The van der Waals surface area contributed by atoms with Crippen molar-refractivity contribution < 1.29 is 3.83 Å². The summed E-state index contributed by atoms with van der Waals surface area (Å²) in [6.07, 6.45) is 4.84. The molecule has 0 aromatic heterocycles. The monoisotopic (exact) mass is 162 g/mol. The van der Waals surface area contributed by atoms with Gasteiger partial charge in [0.15, 0.2) is 0 Å². The maximum atomic E-state index is 10.5. The van der Waals surface area contributed by atoms with Crippen molar-refractivity contribution in [2.24, 2.45) is 0 Å². The molecule has 1 heterocycles. The molecule has 1 nitrogen and oxygen atoms in total. The van der Waals surface area contributed by atoms with Gasteiger partial charge in [-0.05, 0) is 0 Å². The van der Waals surface area contributed by atoms with Gasteiger partial charge in [0.25, 0.3) is 0 Å². The molecule has 0 fully saturated rings. The standard InChI is InChI=1S/C5H6OSe/c6-7-4-2-1-3-5-7/h2-5H,1H2. The Morgan fingerprint density at radius 2 is 1.86 bits per heavy atom. The molecule has 7 heavy (non-hydrogen) atoms. The van der Waals surface area contributed by atoms with Crippen LogP contribution in [0.25, 0.3) is 0 Å². The maximum absolute atomic E-state index is 10.5. The summed E-state index contributed by atoms with van der Waals surface area (Å²) < 4.78 is 10.5. The Morgan fingerprint density at radius 3 is 2.14 bits per heavy atom. The first-order chi connectivity index (χ1) is 3.39. The fourth-order valence-corrected chi connectivity index (χ4v) is 1.88. The van der Waals surface area contributed by atoms with Crippen LogP contribution in [0, 0.1) is 0 Å². The Morgan fingerprint density at radius 1 is 1.29 bits per heavy atom.